The van der Waals surface area contributed by atoms with Gasteiger partial charge in [-0.3, -0.25) is 4.99 Å². The Bertz CT molecular complexity index is 945. The van der Waals surface area contributed by atoms with Crippen LogP contribution in [0.15, 0.2) is 82.8 Å². The molecule has 0 aliphatic heterocycles. The van der Waals surface area contributed by atoms with E-state index < -0.39 is 0 Å². The van der Waals surface area contributed by atoms with Crippen LogP contribution >= 0.6 is 0 Å². The third kappa shape index (κ3) is 7.01. The Kier molecular flexibility index (Phi) is 8.97. The van der Waals surface area contributed by atoms with Crippen LogP contribution in [0.25, 0.3) is 0 Å². The van der Waals surface area contributed by atoms with Crippen molar-refractivity contribution in [1.29, 1.82) is 0 Å². The van der Waals surface area contributed by atoms with Gasteiger partial charge < -0.3 is 14.6 Å². The van der Waals surface area contributed by atoms with Crippen LogP contribution in [0, 0.1) is 5.92 Å². The van der Waals surface area contributed by atoms with Crippen molar-refractivity contribution in [3.05, 3.63) is 83.3 Å². The Hall–Kier alpha value is -3.01. The predicted molar refractivity (Wildman–Crippen MR) is 133 cm³/mol. The molecular weight excluding hydrogens is 398 g/mol. The van der Waals surface area contributed by atoms with Gasteiger partial charge >= 0.3 is 0 Å². The largest absolute Gasteiger partial charge is 0.509 e. The van der Waals surface area contributed by atoms with E-state index >= 15 is 0 Å². The number of benzene rings is 1. The Morgan fingerprint density at radius 2 is 2.06 bits per heavy atom. The van der Waals surface area contributed by atoms with E-state index in [2.05, 4.69) is 44.7 Å². The zero-order chi connectivity index (χ0) is 22.8. The molecule has 2 aliphatic carbocycles. The average molecular weight is 434 g/mol. The SMILES string of the molecule is C=C(O)COc1ccc(OCC/C(N=CC2=CC=CC=CC2)=C(\C)C2CCC2)c(CC)c1. The fourth-order valence-corrected chi connectivity index (χ4v) is 3.78. The Morgan fingerprint density at radius 3 is 2.78 bits per heavy atom. The number of aliphatic imine (C=N–C) groups is 1. The maximum atomic E-state index is 9.24. The van der Waals surface area contributed by atoms with Gasteiger partial charge in [0, 0.05) is 18.3 Å². The summed E-state index contributed by atoms with van der Waals surface area (Å²) in [5.41, 5.74) is 4.84. The lowest BCUT2D eigenvalue weighted by atomic mass is 9.79. The number of nitrogens with zero attached hydrogens (tertiary/aromatic N) is 1. The van der Waals surface area contributed by atoms with Crippen LogP contribution in [0.2, 0.25) is 0 Å². The quantitative estimate of drug-likeness (QED) is 0.300. The molecule has 0 aromatic heterocycles. The van der Waals surface area contributed by atoms with Crippen molar-refractivity contribution in [2.75, 3.05) is 13.2 Å². The zero-order valence-electron chi connectivity index (χ0n) is 19.3. The molecule has 1 saturated carbocycles. The molecule has 1 aromatic carbocycles. The van der Waals surface area contributed by atoms with Crippen LogP contribution in [0.3, 0.4) is 0 Å². The Balaban J connectivity index is 1.66. The highest BCUT2D eigenvalue weighted by atomic mass is 16.5. The van der Waals surface area contributed by atoms with Crippen molar-refractivity contribution in [1.82, 2.24) is 0 Å². The van der Waals surface area contributed by atoms with E-state index in [0.29, 0.717) is 18.3 Å². The summed E-state index contributed by atoms with van der Waals surface area (Å²) in [6.45, 7) is 8.45. The van der Waals surface area contributed by atoms with Crippen molar-refractivity contribution in [3.63, 3.8) is 0 Å². The molecule has 0 bridgehead atoms. The van der Waals surface area contributed by atoms with Crippen LogP contribution in [-0.4, -0.2) is 24.5 Å². The molecular formula is C28H35NO3. The predicted octanol–water partition coefficient (Wildman–Crippen LogP) is 7.06. The number of ether oxygens (including phenoxy) is 2. The molecule has 4 nitrogen and oxygen atoms in total. The van der Waals surface area contributed by atoms with Gasteiger partial charge in [-0.05, 0) is 73.4 Å². The van der Waals surface area contributed by atoms with Crippen LogP contribution in [0.5, 0.6) is 11.5 Å². The minimum atomic E-state index is 0.0109. The van der Waals surface area contributed by atoms with E-state index in [4.69, 9.17) is 14.5 Å². The van der Waals surface area contributed by atoms with Gasteiger partial charge in [-0.2, -0.15) is 0 Å². The van der Waals surface area contributed by atoms with E-state index in [1.807, 2.05) is 30.5 Å². The highest BCUT2D eigenvalue weighted by molar-refractivity contribution is 5.80. The van der Waals surface area contributed by atoms with Crippen molar-refractivity contribution in [2.24, 2.45) is 10.9 Å². The first kappa shape index (κ1) is 23.6. The average Bonchev–Trinajstić information content (AvgIpc) is 3.02. The van der Waals surface area contributed by atoms with Gasteiger partial charge in [0.05, 0.1) is 6.61 Å². The van der Waals surface area contributed by atoms with Crippen molar-refractivity contribution in [2.45, 2.75) is 52.4 Å². The van der Waals surface area contributed by atoms with Crippen molar-refractivity contribution >= 4 is 6.21 Å². The fraction of sp³-hybridized carbons (Fsp3) is 0.393. The van der Waals surface area contributed by atoms with Crippen LogP contribution in [-0.2, 0) is 6.42 Å². The molecule has 1 N–H and O–H groups in total. The summed E-state index contributed by atoms with van der Waals surface area (Å²) in [7, 11) is 0. The van der Waals surface area contributed by atoms with Gasteiger partial charge in [-0.15, -0.1) is 0 Å². The second-order valence-corrected chi connectivity index (χ2v) is 8.35. The smallest absolute Gasteiger partial charge is 0.144 e. The summed E-state index contributed by atoms with van der Waals surface area (Å²) in [4.78, 5) is 4.91. The van der Waals surface area contributed by atoms with Crippen LogP contribution in [0.4, 0.5) is 0 Å². The monoisotopic (exact) mass is 433 g/mol. The van der Waals surface area contributed by atoms with Gasteiger partial charge in [0.1, 0.15) is 23.9 Å². The molecule has 0 heterocycles. The molecule has 0 unspecified atom stereocenters. The normalized spacial score (nSPS) is 16.9. The lowest BCUT2D eigenvalue weighted by Gasteiger charge is -2.27. The second-order valence-electron chi connectivity index (χ2n) is 8.35. The summed E-state index contributed by atoms with van der Waals surface area (Å²) in [6, 6.07) is 5.77. The summed E-state index contributed by atoms with van der Waals surface area (Å²) >= 11 is 0. The number of aliphatic hydroxyl groups excluding tert-OH is 1. The summed E-state index contributed by atoms with van der Waals surface area (Å²) < 4.78 is 11.7. The zero-order valence-corrected chi connectivity index (χ0v) is 19.3. The number of aliphatic hydroxyl groups is 1. The van der Waals surface area contributed by atoms with Gasteiger partial charge in [0.25, 0.3) is 0 Å². The number of allylic oxidation sites excluding steroid dienone is 7. The van der Waals surface area contributed by atoms with Gasteiger partial charge in [-0.1, -0.05) is 50.3 Å². The summed E-state index contributed by atoms with van der Waals surface area (Å²) in [5, 5.41) is 9.24. The highest BCUT2D eigenvalue weighted by Gasteiger charge is 2.21. The molecule has 2 aliphatic rings. The molecule has 4 heteroatoms. The van der Waals surface area contributed by atoms with Crippen molar-refractivity contribution < 1.29 is 14.6 Å². The van der Waals surface area contributed by atoms with E-state index in [0.717, 1.165) is 36.3 Å². The third-order valence-corrected chi connectivity index (χ3v) is 6.00. The van der Waals surface area contributed by atoms with Crippen LogP contribution in [0.1, 0.15) is 51.5 Å². The topological polar surface area (TPSA) is 51.0 Å². The van der Waals surface area contributed by atoms with E-state index in [9.17, 15) is 5.11 Å². The third-order valence-electron chi connectivity index (χ3n) is 6.00. The first-order valence-corrected chi connectivity index (χ1v) is 11.6. The van der Waals surface area contributed by atoms with Crippen molar-refractivity contribution in [3.8, 4) is 11.5 Å². The van der Waals surface area contributed by atoms with E-state index in [1.54, 1.807) is 0 Å². The maximum absolute atomic E-state index is 9.24. The van der Waals surface area contributed by atoms with Gasteiger partial charge in [-0.25, -0.2) is 0 Å². The first-order valence-electron chi connectivity index (χ1n) is 11.6. The minimum absolute atomic E-state index is 0.0109. The highest BCUT2D eigenvalue weighted by Crippen LogP contribution is 2.35. The van der Waals surface area contributed by atoms with Crippen LogP contribution < -0.4 is 9.47 Å². The molecule has 1 fully saturated rings. The van der Waals surface area contributed by atoms with Gasteiger partial charge in [0.15, 0.2) is 0 Å². The number of aryl methyl sites for hydroxylation is 1. The molecule has 32 heavy (non-hydrogen) atoms. The first-order chi connectivity index (χ1) is 15.6. The molecule has 170 valence electrons. The minimum Gasteiger partial charge on any atom is -0.509 e. The molecule has 0 spiro atoms. The molecule has 0 amide bonds. The van der Waals surface area contributed by atoms with E-state index in [-0.39, 0.29) is 12.4 Å². The standard InChI is InChI=1S/C28H35NO3/c1-4-24-18-26(32-20-21(2)30)14-15-28(24)31-17-16-27(22(3)25-12-9-13-25)29-19-23-10-7-5-6-8-11-23/h5-8,10,14-15,18-19,25,30H,2,4,9,11-13,16-17,20H2,1,3H3/b27-22-,29-19?. The molecule has 0 radical (unpaired) electrons. The lowest BCUT2D eigenvalue weighted by molar-refractivity contribution is 0.271. The molecule has 0 saturated heterocycles. The van der Waals surface area contributed by atoms with E-state index in [1.165, 1.54) is 30.4 Å². The number of hydrogen-bond donors (Lipinski definition) is 1. The molecule has 0 atom stereocenters. The molecule has 1 aromatic rings. The lowest BCUT2D eigenvalue weighted by Crippen LogP contribution is -2.14. The number of rotatable bonds is 11. The Labute approximate surface area is 192 Å². The number of hydrogen-bond acceptors (Lipinski definition) is 4. The molecule has 3 rings (SSSR count). The van der Waals surface area contributed by atoms with Gasteiger partial charge in [0.2, 0.25) is 0 Å². The maximum Gasteiger partial charge on any atom is 0.144 e. The Morgan fingerprint density at radius 1 is 1.22 bits per heavy atom. The fourth-order valence-electron chi connectivity index (χ4n) is 3.78. The second kappa shape index (κ2) is 12.1. The summed E-state index contributed by atoms with van der Waals surface area (Å²) in [6.07, 6.45) is 18.8. The summed E-state index contributed by atoms with van der Waals surface area (Å²) in [5.74, 6) is 2.25.